The standard InChI is InChI=1S/C14H18N6O.ClH/c1-10-8-12(6-7-15-10)17-14(21)11-2-4-13(5-3-11)20-9-16-18-19-20;/h2-5,9-10,12,15H,6-8H2,1H3,(H,17,21);1H. The molecule has 8 heteroatoms. The average Bonchev–Trinajstić information content (AvgIpc) is 3.01. The highest BCUT2D eigenvalue weighted by Gasteiger charge is 2.20. The van der Waals surface area contributed by atoms with Gasteiger partial charge in [0.25, 0.3) is 5.91 Å². The van der Waals surface area contributed by atoms with Gasteiger partial charge in [0.15, 0.2) is 0 Å². The molecule has 2 aromatic rings. The van der Waals surface area contributed by atoms with E-state index in [1.54, 1.807) is 16.8 Å². The Labute approximate surface area is 134 Å². The van der Waals surface area contributed by atoms with Crippen LogP contribution in [0, 0.1) is 0 Å². The van der Waals surface area contributed by atoms with Crippen LogP contribution in [-0.4, -0.2) is 44.7 Å². The number of rotatable bonds is 3. The summed E-state index contributed by atoms with van der Waals surface area (Å²) >= 11 is 0. The van der Waals surface area contributed by atoms with Gasteiger partial charge < -0.3 is 10.6 Å². The number of halogens is 1. The molecular formula is C14H19ClN6O. The number of carbonyl (C=O) groups excluding carboxylic acids is 1. The van der Waals surface area contributed by atoms with Gasteiger partial charge in [-0.25, -0.2) is 4.68 Å². The number of tetrazole rings is 1. The Morgan fingerprint density at radius 3 is 2.77 bits per heavy atom. The highest BCUT2D eigenvalue weighted by atomic mass is 35.5. The van der Waals surface area contributed by atoms with Gasteiger partial charge in [-0.05, 0) is 61.0 Å². The smallest absolute Gasteiger partial charge is 0.251 e. The molecule has 0 spiro atoms. The number of nitrogens with zero attached hydrogens (tertiary/aromatic N) is 4. The first kappa shape index (κ1) is 16.4. The van der Waals surface area contributed by atoms with Crippen molar-refractivity contribution in [3.8, 4) is 5.69 Å². The molecular weight excluding hydrogens is 304 g/mol. The number of amides is 1. The van der Waals surface area contributed by atoms with Crippen LogP contribution in [0.2, 0.25) is 0 Å². The third kappa shape index (κ3) is 3.80. The fourth-order valence-corrected chi connectivity index (χ4v) is 2.58. The molecule has 7 nitrogen and oxygen atoms in total. The largest absolute Gasteiger partial charge is 0.349 e. The van der Waals surface area contributed by atoms with Crippen molar-refractivity contribution in [2.24, 2.45) is 0 Å². The minimum atomic E-state index is -0.0302. The van der Waals surface area contributed by atoms with Gasteiger partial charge in [0.1, 0.15) is 6.33 Å². The summed E-state index contributed by atoms with van der Waals surface area (Å²) in [6, 6.07) is 7.93. The number of nitrogens with one attached hydrogen (secondary N) is 2. The van der Waals surface area contributed by atoms with E-state index in [1.807, 2.05) is 12.1 Å². The third-order valence-corrected chi connectivity index (χ3v) is 3.70. The van der Waals surface area contributed by atoms with Gasteiger partial charge in [-0.1, -0.05) is 0 Å². The molecule has 2 N–H and O–H groups in total. The van der Waals surface area contributed by atoms with E-state index in [9.17, 15) is 4.79 Å². The molecule has 1 aliphatic rings. The van der Waals surface area contributed by atoms with Gasteiger partial charge in [-0.3, -0.25) is 4.79 Å². The predicted molar refractivity (Wildman–Crippen MR) is 84.4 cm³/mol. The normalized spacial score (nSPS) is 21.0. The molecule has 2 atom stereocenters. The summed E-state index contributed by atoms with van der Waals surface area (Å²) in [4.78, 5) is 12.2. The van der Waals surface area contributed by atoms with Gasteiger partial charge in [0.05, 0.1) is 5.69 Å². The second-order valence-electron chi connectivity index (χ2n) is 5.35. The van der Waals surface area contributed by atoms with E-state index < -0.39 is 0 Å². The summed E-state index contributed by atoms with van der Waals surface area (Å²) in [7, 11) is 0. The van der Waals surface area contributed by atoms with Crippen LogP contribution in [0.4, 0.5) is 0 Å². The van der Waals surface area contributed by atoms with E-state index in [1.165, 1.54) is 6.33 Å². The Bertz CT molecular complexity index is 600. The SMILES string of the molecule is CC1CC(NC(=O)c2ccc(-n3cnnn3)cc2)CCN1.Cl. The van der Waals surface area contributed by atoms with E-state index in [0.29, 0.717) is 11.6 Å². The van der Waals surface area contributed by atoms with Gasteiger partial charge in [0.2, 0.25) is 0 Å². The monoisotopic (exact) mass is 322 g/mol. The summed E-state index contributed by atoms with van der Waals surface area (Å²) in [6.45, 7) is 3.09. The number of piperidine rings is 1. The van der Waals surface area contributed by atoms with Crippen LogP contribution in [0.1, 0.15) is 30.1 Å². The Morgan fingerprint density at radius 1 is 1.36 bits per heavy atom. The second-order valence-corrected chi connectivity index (χ2v) is 5.35. The van der Waals surface area contributed by atoms with Crippen LogP contribution in [0.3, 0.4) is 0 Å². The first-order chi connectivity index (χ1) is 10.2. The van der Waals surface area contributed by atoms with Crippen molar-refractivity contribution in [3.05, 3.63) is 36.2 Å². The summed E-state index contributed by atoms with van der Waals surface area (Å²) in [5, 5.41) is 17.5. The zero-order valence-electron chi connectivity index (χ0n) is 12.3. The predicted octanol–water partition coefficient (Wildman–Crippen LogP) is 0.954. The van der Waals surface area contributed by atoms with Crippen LogP contribution in [-0.2, 0) is 0 Å². The topological polar surface area (TPSA) is 84.7 Å². The number of hydrogen-bond acceptors (Lipinski definition) is 5. The lowest BCUT2D eigenvalue weighted by Gasteiger charge is -2.28. The highest BCUT2D eigenvalue weighted by molar-refractivity contribution is 5.94. The molecule has 0 radical (unpaired) electrons. The first-order valence-corrected chi connectivity index (χ1v) is 7.10. The lowest BCUT2D eigenvalue weighted by molar-refractivity contribution is 0.0925. The van der Waals surface area contributed by atoms with Crippen molar-refractivity contribution in [1.29, 1.82) is 0 Å². The Kier molecular flexibility index (Phi) is 5.46. The second kappa shape index (κ2) is 7.33. The molecule has 3 rings (SSSR count). The molecule has 118 valence electrons. The van der Waals surface area contributed by atoms with Crippen molar-refractivity contribution in [3.63, 3.8) is 0 Å². The molecule has 1 amide bonds. The Balaban J connectivity index is 0.00000176. The lowest BCUT2D eigenvalue weighted by atomic mass is 10.0. The van der Waals surface area contributed by atoms with E-state index in [4.69, 9.17) is 0 Å². The van der Waals surface area contributed by atoms with Crippen molar-refractivity contribution < 1.29 is 4.79 Å². The molecule has 1 aromatic carbocycles. The molecule has 1 saturated heterocycles. The quantitative estimate of drug-likeness (QED) is 0.879. The summed E-state index contributed by atoms with van der Waals surface area (Å²) in [6.07, 6.45) is 3.46. The fourth-order valence-electron chi connectivity index (χ4n) is 2.58. The maximum Gasteiger partial charge on any atom is 0.251 e. The molecule has 2 heterocycles. The number of aromatic nitrogens is 4. The lowest BCUT2D eigenvalue weighted by Crippen LogP contribution is -2.46. The number of carbonyl (C=O) groups is 1. The van der Waals surface area contributed by atoms with Crippen LogP contribution < -0.4 is 10.6 Å². The fraction of sp³-hybridized carbons (Fsp3) is 0.429. The molecule has 2 unspecified atom stereocenters. The van der Waals surface area contributed by atoms with Gasteiger partial charge in [-0.2, -0.15) is 0 Å². The minimum absolute atomic E-state index is 0. The number of benzene rings is 1. The van der Waals surface area contributed by atoms with E-state index in [2.05, 4.69) is 33.1 Å². The maximum absolute atomic E-state index is 12.2. The van der Waals surface area contributed by atoms with Crippen molar-refractivity contribution in [2.75, 3.05) is 6.54 Å². The molecule has 0 bridgehead atoms. The molecule has 1 fully saturated rings. The molecule has 1 aromatic heterocycles. The van der Waals surface area contributed by atoms with E-state index >= 15 is 0 Å². The summed E-state index contributed by atoms with van der Waals surface area (Å²) < 4.78 is 1.55. The number of hydrogen-bond donors (Lipinski definition) is 2. The highest BCUT2D eigenvalue weighted by Crippen LogP contribution is 2.11. The van der Waals surface area contributed by atoms with Gasteiger partial charge in [-0.15, -0.1) is 17.5 Å². The van der Waals surface area contributed by atoms with Crippen molar-refractivity contribution in [1.82, 2.24) is 30.8 Å². The third-order valence-electron chi connectivity index (χ3n) is 3.70. The zero-order valence-corrected chi connectivity index (χ0v) is 13.1. The molecule has 0 aliphatic carbocycles. The van der Waals surface area contributed by atoms with Crippen molar-refractivity contribution in [2.45, 2.75) is 31.8 Å². The van der Waals surface area contributed by atoms with Crippen LogP contribution in [0.15, 0.2) is 30.6 Å². The molecule has 22 heavy (non-hydrogen) atoms. The van der Waals surface area contributed by atoms with Crippen LogP contribution >= 0.6 is 12.4 Å². The van der Waals surface area contributed by atoms with Crippen LogP contribution in [0.5, 0.6) is 0 Å². The van der Waals surface area contributed by atoms with Gasteiger partial charge in [0, 0.05) is 17.6 Å². The van der Waals surface area contributed by atoms with Crippen molar-refractivity contribution >= 4 is 18.3 Å². The Hall–Kier alpha value is -1.99. The maximum atomic E-state index is 12.2. The minimum Gasteiger partial charge on any atom is -0.349 e. The van der Waals surface area contributed by atoms with E-state index in [-0.39, 0.29) is 24.4 Å². The zero-order chi connectivity index (χ0) is 14.7. The molecule has 1 aliphatic heterocycles. The molecule has 0 saturated carbocycles. The Morgan fingerprint density at radius 2 is 2.14 bits per heavy atom. The van der Waals surface area contributed by atoms with Crippen LogP contribution in [0.25, 0.3) is 5.69 Å². The summed E-state index contributed by atoms with van der Waals surface area (Å²) in [5.74, 6) is -0.0302. The first-order valence-electron chi connectivity index (χ1n) is 7.10. The summed E-state index contributed by atoms with van der Waals surface area (Å²) in [5.41, 5.74) is 1.48. The van der Waals surface area contributed by atoms with E-state index in [0.717, 1.165) is 25.1 Å². The average molecular weight is 323 g/mol. The van der Waals surface area contributed by atoms with Gasteiger partial charge >= 0.3 is 0 Å².